The zero-order valence-corrected chi connectivity index (χ0v) is 22.5. The summed E-state index contributed by atoms with van der Waals surface area (Å²) < 4.78 is 6.78. The fourth-order valence-corrected chi connectivity index (χ4v) is 4.45. The van der Waals surface area contributed by atoms with E-state index in [2.05, 4.69) is 21.2 Å². The van der Waals surface area contributed by atoms with E-state index in [1.807, 2.05) is 87.5 Å². The molecule has 3 aromatic carbocycles. The quantitative estimate of drug-likeness (QED) is 0.339. The third-order valence-electron chi connectivity index (χ3n) is 5.64. The van der Waals surface area contributed by atoms with Crippen molar-refractivity contribution in [3.05, 3.63) is 98.5 Å². The van der Waals surface area contributed by atoms with Crippen molar-refractivity contribution in [2.24, 2.45) is 0 Å². The highest BCUT2D eigenvalue weighted by Crippen LogP contribution is 2.26. The number of likely N-dealkylation sites (N-methyl/N-ethyl adjacent to an activating group) is 1. The number of ether oxygens (including phenoxy) is 1. The summed E-state index contributed by atoms with van der Waals surface area (Å²) in [5.74, 6) is 0.0954. The Labute approximate surface area is 220 Å². The fourth-order valence-electron chi connectivity index (χ4n) is 3.90. The van der Waals surface area contributed by atoms with Crippen LogP contribution < -0.4 is 10.1 Å². The van der Waals surface area contributed by atoms with Crippen molar-refractivity contribution in [1.82, 2.24) is 10.2 Å². The van der Waals surface area contributed by atoms with E-state index in [0.29, 0.717) is 23.7 Å². The molecule has 0 heterocycles. The highest BCUT2D eigenvalue weighted by atomic mass is 79.9. The van der Waals surface area contributed by atoms with Gasteiger partial charge in [-0.15, -0.1) is 0 Å². The van der Waals surface area contributed by atoms with Crippen LogP contribution in [0, 0.1) is 13.8 Å². The smallest absolute Gasteiger partial charge is 0.261 e. The van der Waals surface area contributed by atoms with Gasteiger partial charge in [0.25, 0.3) is 5.91 Å². The lowest BCUT2D eigenvalue weighted by atomic mass is 10.0. The summed E-state index contributed by atoms with van der Waals surface area (Å²) in [6.07, 6.45) is 0.394. The van der Waals surface area contributed by atoms with Crippen molar-refractivity contribution < 1.29 is 14.3 Å². The van der Waals surface area contributed by atoms with Gasteiger partial charge in [-0.2, -0.15) is 0 Å². The number of rotatable bonds is 10. The number of hydrogen-bond acceptors (Lipinski definition) is 3. The SMILES string of the molecule is CCNC(=O)[C@H](Cc1ccccc1)N(Cc1cccc(Br)c1)C(=O)COc1cc(C)c(Cl)c(C)c1. The van der Waals surface area contributed by atoms with Crippen LogP contribution in [0.2, 0.25) is 5.02 Å². The van der Waals surface area contributed by atoms with E-state index in [0.717, 1.165) is 26.7 Å². The number of amides is 2. The summed E-state index contributed by atoms with van der Waals surface area (Å²) in [5.41, 5.74) is 3.64. The molecular weight excluding hydrogens is 528 g/mol. The number of carbonyl (C=O) groups is 2. The highest BCUT2D eigenvalue weighted by Gasteiger charge is 2.30. The van der Waals surface area contributed by atoms with Gasteiger partial charge in [0.1, 0.15) is 11.8 Å². The number of carbonyl (C=O) groups excluding carboxylic acids is 2. The first-order valence-corrected chi connectivity index (χ1v) is 12.7. The van der Waals surface area contributed by atoms with E-state index in [-0.39, 0.29) is 25.0 Å². The van der Waals surface area contributed by atoms with Gasteiger partial charge in [-0.05, 0) is 67.3 Å². The lowest BCUT2D eigenvalue weighted by Gasteiger charge is -2.31. The van der Waals surface area contributed by atoms with Crippen molar-refractivity contribution in [3.63, 3.8) is 0 Å². The number of nitrogens with one attached hydrogen (secondary N) is 1. The van der Waals surface area contributed by atoms with Gasteiger partial charge in [-0.1, -0.05) is 70.0 Å². The minimum atomic E-state index is -0.693. The maximum Gasteiger partial charge on any atom is 0.261 e. The molecule has 0 aliphatic carbocycles. The highest BCUT2D eigenvalue weighted by molar-refractivity contribution is 9.10. The Bertz CT molecular complexity index is 1150. The number of nitrogens with zero attached hydrogens (tertiary/aromatic N) is 1. The van der Waals surface area contributed by atoms with Crippen LogP contribution in [0.5, 0.6) is 5.75 Å². The minimum Gasteiger partial charge on any atom is -0.484 e. The molecule has 0 unspecified atom stereocenters. The molecule has 3 aromatic rings. The zero-order chi connectivity index (χ0) is 25.4. The van der Waals surface area contributed by atoms with Crippen LogP contribution in [-0.2, 0) is 22.6 Å². The summed E-state index contributed by atoms with van der Waals surface area (Å²) in [5, 5.41) is 3.58. The Kier molecular flexibility index (Phi) is 9.75. The minimum absolute atomic E-state index is 0.195. The summed E-state index contributed by atoms with van der Waals surface area (Å²) in [7, 11) is 0. The molecule has 0 radical (unpaired) electrons. The molecule has 184 valence electrons. The van der Waals surface area contributed by atoms with E-state index >= 15 is 0 Å². The summed E-state index contributed by atoms with van der Waals surface area (Å²) in [6, 6.07) is 20.4. The second kappa shape index (κ2) is 12.8. The van der Waals surface area contributed by atoms with Gasteiger partial charge in [0.2, 0.25) is 5.91 Å². The first-order valence-electron chi connectivity index (χ1n) is 11.5. The lowest BCUT2D eigenvalue weighted by Crippen LogP contribution is -2.51. The Balaban J connectivity index is 1.90. The average molecular weight is 558 g/mol. The van der Waals surface area contributed by atoms with E-state index in [1.165, 1.54) is 0 Å². The van der Waals surface area contributed by atoms with Gasteiger partial charge in [-0.25, -0.2) is 0 Å². The van der Waals surface area contributed by atoms with Gasteiger partial charge in [0.15, 0.2) is 6.61 Å². The second-order valence-electron chi connectivity index (χ2n) is 8.41. The Morgan fingerprint density at radius 3 is 2.29 bits per heavy atom. The predicted molar refractivity (Wildman–Crippen MR) is 144 cm³/mol. The number of aryl methyl sites for hydroxylation is 2. The van der Waals surface area contributed by atoms with Crippen LogP contribution in [0.4, 0.5) is 0 Å². The molecule has 7 heteroatoms. The fraction of sp³-hybridized carbons (Fsp3) is 0.286. The zero-order valence-electron chi connectivity index (χ0n) is 20.2. The summed E-state index contributed by atoms with van der Waals surface area (Å²) >= 11 is 9.77. The molecule has 0 aliphatic rings. The van der Waals surface area contributed by atoms with Crippen LogP contribution in [-0.4, -0.2) is 35.9 Å². The van der Waals surface area contributed by atoms with Crippen molar-refractivity contribution >= 4 is 39.3 Å². The average Bonchev–Trinajstić information content (AvgIpc) is 2.84. The third-order valence-corrected chi connectivity index (χ3v) is 6.73. The van der Waals surface area contributed by atoms with Gasteiger partial charge in [-0.3, -0.25) is 9.59 Å². The first kappa shape index (κ1) is 26.8. The molecule has 35 heavy (non-hydrogen) atoms. The molecule has 0 spiro atoms. The van der Waals surface area contributed by atoms with E-state index < -0.39 is 6.04 Å². The van der Waals surface area contributed by atoms with Crippen LogP contribution in [0.1, 0.15) is 29.2 Å². The third kappa shape index (κ3) is 7.58. The van der Waals surface area contributed by atoms with Crippen LogP contribution >= 0.6 is 27.5 Å². The Hall–Kier alpha value is -2.83. The molecule has 1 atom stereocenters. The van der Waals surface area contributed by atoms with E-state index in [9.17, 15) is 9.59 Å². The summed E-state index contributed by atoms with van der Waals surface area (Å²) in [4.78, 5) is 28.4. The van der Waals surface area contributed by atoms with Crippen LogP contribution in [0.3, 0.4) is 0 Å². The van der Waals surface area contributed by atoms with E-state index in [4.69, 9.17) is 16.3 Å². The number of benzene rings is 3. The molecule has 0 saturated heterocycles. The number of hydrogen-bond donors (Lipinski definition) is 1. The molecule has 0 aromatic heterocycles. The normalized spacial score (nSPS) is 11.6. The van der Waals surface area contributed by atoms with Crippen LogP contribution in [0.25, 0.3) is 0 Å². The lowest BCUT2D eigenvalue weighted by molar-refractivity contribution is -0.142. The molecule has 0 bridgehead atoms. The van der Waals surface area contributed by atoms with Gasteiger partial charge >= 0.3 is 0 Å². The van der Waals surface area contributed by atoms with E-state index in [1.54, 1.807) is 4.90 Å². The molecule has 0 aliphatic heterocycles. The maximum atomic E-state index is 13.6. The van der Waals surface area contributed by atoms with Crippen molar-refractivity contribution in [3.8, 4) is 5.75 Å². The van der Waals surface area contributed by atoms with Crippen LogP contribution in [0.15, 0.2) is 71.2 Å². The van der Waals surface area contributed by atoms with Crippen molar-refractivity contribution in [2.45, 2.75) is 39.8 Å². The molecule has 3 rings (SSSR count). The molecule has 2 amide bonds. The standard InChI is InChI=1S/C28H30BrClN2O3/c1-4-31-28(34)25(16-21-9-6-5-7-10-21)32(17-22-11-8-12-23(29)15-22)26(33)18-35-24-13-19(2)27(30)20(3)14-24/h5-15,25H,4,16-18H2,1-3H3,(H,31,34)/t25-/m0/s1. The van der Waals surface area contributed by atoms with Gasteiger partial charge in [0.05, 0.1) is 0 Å². The Morgan fingerprint density at radius 1 is 1.00 bits per heavy atom. The monoisotopic (exact) mass is 556 g/mol. The topological polar surface area (TPSA) is 58.6 Å². The maximum absolute atomic E-state index is 13.6. The largest absolute Gasteiger partial charge is 0.484 e. The van der Waals surface area contributed by atoms with Crippen molar-refractivity contribution in [1.29, 1.82) is 0 Å². The van der Waals surface area contributed by atoms with Gasteiger partial charge in [0, 0.05) is 29.0 Å². The molecule has 0 saturated carbocycles. The molecule has 1 N–H and O–H groups in total. The van der Waals surface area contributed by atoms with Gasteiger partial charge < -0.3 is 15.0 Å². The Morgan fingerprint density at radius 2 is 1.66 bits per heavy atom. The second-order valence-corrected chi connectivity index (χ2v) is 9.71. The number of halogens is 2. The first-order chi connectivity index (χ1) is 16.8. The van der Waals surface area contributed by atoms with Crippen molar-refractivity contribution in [2.75, 3.05) is 13.2 Å². The molecular formula is C28H30BrClN2O3. The molecule has 0 fully saturated rings. The summed E-state index contributed by atoms with van der Waals surface area (Å²) in [6.45, 7) is 6.21. The predicted octanol–water partition coefficient (Wildman–Crippen LogP) is 5.87. The molecule has 5 nitrogen and oxygen atoms in total.